The van der Waals surface area contributed by atoms with Crippen LogP contribution in [0.15, 0.2) is 42.6 Å². The monoisotopic (exact) mass is 381 g/mol. The first-order valence-corrected chi connectivity index (χ1v) is 9.35. The molecule has 0 unspecified atom stereocenters. The molecule has 28 heavy (non-hydrogen) atoms. The van der Waals surface area contributed by atoms with Crippen molar-refractivity contribution in [1.82, 2.24) is 9.88 Å². The molecule has 0 saturated carbocycles. The van der Waals surface area contributed by atoms with Crippen molar-refractivity contribution in [3.63, 3.8) is 0 Å². The number of pyridine rings is 1. The molecular formula is C21H23N3O4. The van der Waals surface area contributed by atoms with E-state index in [0.717, 1.165) is 24.5 Å². The van der Waals surface area contributed by atoms with E-state index in [2.05, 4.69) is 9.88 Å². The Balaban J connectivity index is 1.39. The van der Waals surface area contributed by atoms with Gasteiger partial charge in [-0.2, -0.15) is 0 Å². The number of nitrogens with zero attached hydrogens (tertiary/aromatic N) is 3. The highest BCUT2D eigenvalue weighted by Crippen LogP contribution is 2.40. The molecule has 1 aromatic carbocycles. The zero-order chi connectivity index (χ0) is 19.3. The minimum Gasteiger partial charge on any atom is -0.493 e. The van der Waals surface area contributed by atoms with Gasteiger partial charge in [-0.3, -0.25) is 4.79 Å². The Morgan fingerprint density at radius 1 is 1.14 bits per heavy atom. The summed E-state index contributed by atoms with van der Waals surface area (Å²) in [6.45, 7) is 3.89. The van der Waals surface area contributed by atoms with Gasteiger partial charge in [0.2, 0.25) is 11.7 Å². The summed E-state index contributed by atoms with van der Waals surface area (Å²) < 4.78 is 16.6. The van der Waals surface area contributed by atoms with E-state index in [0.29, 0.717) is 43.6 Å². The van der Waals surface area contributed by atoms with Crippen molar-refractivity contribution in [2.45, 2.75) is 0 Å². The highest BCUT2D eigenvalue weighted by molar-refractivity contribution is 5.92. The number of anilines is 1. The van der Waals surface area contributed by atoms with Crippen LogP contribution in [-0.2, 0) is 4.79 Å². The minimum atomic E-state index is -0.00507. The van der Waals surface area contributed by atoms with Gasteiger partial charge in [0.15, 0.2) is 11.5 Å². The fourth-order valence-electron chi connectivity index (χ4n) is 3.36. The molecule has 0 atom stereocenters. The molecule has 1 aromatic heterocycles. The van der Waals surface area contributed by atoms with Gasteiger partial charge in [0, 0.05) is 38.5 Å². The standard InChI is InChI=1S/C21H23N3O4/c1-26-17-14-16(15-18-21(17)28-13-12-27-18)5-6-20(25)24-10-8-23(9-11-24)19-4-2-3-7-22-19/h2-7,14-15H,8-13H2,1H3. The van der Waals surface area contributed by atoms with Crippen LogP contribution in [0.3, 0.4) is 0 Å². The summed E-state index contributed by atoms with van der Waals surface area (Å²) in [6.07, 6.45) is 5.17. The van der Waals surface area contributed by atoms with E-state index >= 15 is 0 Å². The van der Waals surface area contributed by atoms with Crippen LogP contribution in [0.25, 0.3) is 6.08 Å². The number of piperazine rings is 1. The Morgan fingerprint density at radius 3 is 2.71 bits per heavy atom. The molecule has 2 aliphatic heterocycles. The van der Waals surface area contributed by atoms with E-state index in [1.54, 1.807) is 25.5 Å². The fourth-order valence-corrected chi connectivity index (χ4v) is 3.36. The van der Waals surface area contributed by atoms with Gasteiger partial charge >= 0.3 is 0 Å². The van der Waals surface area contributed by atoms with Crippen molar-refractivity contribution in [3.05, 3.63) is 48.2 Å². The topological polar surface area (TPSA) is 64.1 Å². The molecular weight excluding hydrogens is 358 g/mol. The first-order valence-electron chi connectivity index (χ1n) is 9.35. The molecule has 2 aliphatic rings. The molecule has 0 radical (unpaired) electrons. The average Bonchev–Trinajstić information content (AvgIpc) is 2.77. The molecule has 0 bridgehead atoms. The fraction of sp³-hybridized carbons (Fsp3) is 0.333. The van der Waals surface area contributed by atoms with E-state index in [1.165, 1.54) is 0 Å². The molecule has 4 rings (SSSR count). The number of methoxy groups -OCH3 is 1. The Morgan fingerprint density at radius 2 is 1.96 bits per heavy atom. The number of aromatic nitrogens is 1. The quantitative estimate of drug-likeness (QED) is 0.757. The molecule has 0 N–H and O–H groups in total. The number of fused-ring (bicyclic) bond motifs is 1. The van der Waals surface area contributed by atoms with Gasteiger partial charge in [-0.05, 0) is 35.9 Å². The number of amides is 1. The summed E-state index contributed by atoms with van der Waals surface area (Å²) in [5, 5.41) is 0. The number of carbonyl (C=O) groups excluding carboxylic acids is 1. The Labute approximate surface area is 164 Å². The van der Waals surface area contributed by atoms with Crippen LogP contribution in [0.5, 0.6) is 17.2 Å². The predicted octanol–water partition coefficient (Wildman–Crippen LogP) is 2.22. The molecule has 146 valence electrons. The maximum absolute atomic E-state index is 12.6. The highest BCUT2D eigenvalue weighted by atomic mass is 16.6. The van der Waals surface area contributed by atoms with E-state index < -0.39 is 0 Å². The maximum atomic E-state index is 12.6. The third-order valence-electron chi connectivity index (χ3n) is 4.83. The average molecular weight is 381 g/mol. The number of benzene rings is 1. The van der Waals surface area contributed by atoms with E-state index in [-0.39, 0.29) is 5.91 Å². The van der Waals surface area contributed by atoms with Crippen molar-refractivity contribution >= 4 is 17.8 Å². The number of carbonyl (C=O) groups is 1. The lowest BCUT2D eigenvalue weighted by atomic mass is 10.1. The summed E-state index contributed by atoms with van der Waals surface area (Å²) >= 11 is 0. The lowest BCUT2D eigenvalue weighted by molar-refractivity contribution is -0.126. The van der Waals surface area contributed by atoms with Crippen LogP contribution >= 0.6 is 0 Å². The third kappa shape index (κ3) is 3.88. The van der Waals surface area contributed by atoms with Gasteiger partial charge in [-0.25, -0.2) is 4.98 Å². The van der Waals surface area contributed by atoms with Crippen LogP contribution < -0.4 is 19.1 Å². The molecule has 0 aliphatic carbocycles. The second kappa shape index (κ2) is 8.21. The number of hydrogen-bond acceptors (Lipinski definition) is 6. The molecule has 1 amide bonds. The normalized spacial score (nSPS) is 16.3. The van der Waals surface area contributed by atoms with E-state index in [9.17, 15) is 4.79 Å². The van der Waals surface area contributed by atoms with Crippen molar-refractivity contribution in [2.24, 2.45) is 0 Å². The van der Waals surface area contributed by atoms with Gasteiger partial charge in [0.25, 0.3) is 0 Å². The summed E-state index contributed by atoms with van der Waals surface area (Å²) in [4.78, 5) is 21.0. The maximum Gasteiger partial charge on any atom is 0.246 e. The molecule has 7 heteroatoms. The van der Waals surface area contributed by atoms with Crippen molar-refractivity contribution in [3.8, 4) is 17.2 Å². The van der Waals surface area contributed by atoms with E-state index in [1.807, 2.05) is 35.2 Å². The SMILES string of the molecule is COc1cc(C=CC(=O)N2CCN(c3ccccn3)CC2)cc2c1OCCO2. The minimum absolute atomic E-state index is 0.00507. The molecule has 1 fully saturated rings. The third-order valence-corrected chi connectivity index (χ3v) is 4.83. The molecule has 1 saturated heterocycles. The zero-order valence-electron chi connectivity index (χ0n) is 15.8. The molecule has 0 spiro atoms. The van der Waals surface area contributed by atoms with Crippen LogP contribution in [0.2, 0.25) is 0 Å². The lowest BCUT2D eigenvalue weighted by Gasteiger charge is -2.34. The smallest absolute Gasteiger partial charge is 0.246 e. The van der Waals surface area contributed by atoms with Crippen LogP contribution in [0.4, 0.5) is 5.82 Å². The van der Waals surface area contributed by atoms with Crippen LogP contribution in [0.1, 0.15) is 5.56 Å². The molecule has 3 heterocycles. The first-order chi connectivity index (χ1) is 13.7. The Hall–Kier alpha value is -3.22. The molecule has 7 nitrogen and oxygen atoms in total. The number of ether oxygens (including phenoxy) is 3. The molecule has 2 aromatic rings. The van der Waals surface area contributed by atoms with Gasteiger partial charge < -0.3 is 24.0 Å². The zero-order valence-corrected chi connectivity index (χ0v) is 15.8. The van der Waals surface area contributed by atoms with Crippen LogP contribution in [-0.4, -0.2) is 62.3 Å². The second-order valence-electron chi connectivity index (χ2n) is 6.58. The highest BCUT2D eigenvalue weighted by Gasteiger charge is 2.21. The van der Waals surface area contributed by atoms with Gasteiger partial charge in [-0.1, -0.05) is 6.07 Å². The summed E-state index contributed by atoms with van der Waals surface area (Å²) in [5.74, 6) is 2.81. The lowest BCUT2D eigenvalue weighted by Crippen LogP contribution is -2.48. The second-order valence-corrected chi connectivity index (χ2v) is 6.58. The van der Waals surface area contributed by atoms with Gasteiger partial charge in [0.05, 0.1) is 7.11 Å². The largest absolute Gasteiger partial charge is 0.493 e. The number of hydrogen-bond donors (Lipinski definition) is 0. The summed E-state index contributed by atoms with van der Waals surface area (Å²) in [7, 11) is 1.59. The van der Waals surface area contributed by atoms with Crippen molar-refractivity contribution in [2.75, 3.05) is 51.4 Å². The summed E-state index contributed by atoms with van der Waals surface area (Å²) in [6, 6.07) is 9.58. The van der Waals surface area contributed by atoms with Gasteiger partial charge in [0.1, 0.15) is 19.0 Å². The van der Waals surface area contributed by atoms with E-state index in [4.69, 9.17) is 14.2 Å². The Kier molecular flexibility index (Phi) is 5.32. The Bertz CT molecular complexity index is 844. The first kappa shape index (κ1) is 18.2. The van der Waals surface area contributed by atoms with Crippen molar-refractivity contribution < 1.29 is 19.0 Å². The summed E-state index contributed by atoms with van der Waals surface area (Å²) in [5.41, 5.74) is 0.835. The van der Waals surface area contributed by atoms with Crippen LogP contribution in [0, 0.1) is 0 Å². The number of rotatable bonds is 4. The van der Waals surface area contributed by atoms with Crippen molar-refractivity contribution in [1.29, 1.82) is 0 Å². The van der Waals surface area contributed by atoms with Gasteiger partial charge in [-0.15, -0.1) is 0 Å². The predicted molar refractivity (Wildman–Crippen MR) is 106 cm³/mol.